The molecule has 176 valence electrons. The van der Waals surface area contributed by atoms with Gasteiger partial charge >= 0.3 is 0 Å². The summed E-state index contributed by atoms with van der Waals surface area (Å²) in [6.45, 7) is 6.55. The highest BCUT2D eigenvalue weighted by atomic mass is 15.0. The van der Waals surface area contributed by atoms with Crippen molar-refractivity contribution in [2.24, 2.45) is 28.6 Å². The largest absolute Gasteiger partial charge is 0.313 e. The van der Waals surface area contributed by atoms with E-state index in [9.17, 15) is 0 Å². The number of piperidine rings is 1. The van der Waals surface area contributed by atoms with Crippen LogP contribution in [-0.2, 0) is 0 Å². The van der Waals surface area contributed by atoms with E-state index in [1.165, 1.54) is 69.0 Å². The van der Waals surface area contributed by atoms with Crippen LogP contribution < -0.4 is 10.6 Å². The fourth-order valence-corrected chi connectivity index (χ4v) is 8.96. The SMILES string of the molecule is C[C@]12CCCCC1NCC1C2CC[C@]2(C)C(NC(c3ccccc3)c3ccccc3)CCC12. The number of hydrogen-bond donors (Lipinski definition) is 2. The zero-order valence-corrected chi connectivity index (χ0v) is 20.6. The molecule has 2 N–H and O–H groups in total. The number of benzene rings is 2. The fourth-order valence-electron chi connectivity index (χ4n) is 8.96. The van der Waals surface area contributed by atoms with Gasteiger partial charge in [0.1, 0.15) is 0 Å². The van der Waals surface area contributed by atoms with E-state index in [4.69, 9.17) is 0 Å². The van der Waals surface area contributed by atoms with E-state index < -0.39 is 0 Å². The minimum atomic E-state index is 0.274. The van der Waals surface area contributed by atoms with Crippen LogP contribution in [0.25, 0.3) is 0 Å². The van der Waals surface area contributed by atoms with Crippen LogP contribution in [0.4, 0.5) is 0 Å². The van der Waals surface area contributed by atoms with Crippen LogP contribution in [0, 0.1) is 28.6 Å². The Morgan fingerprint density at radius 2 is 1.42 bits per heavy atom. The van der Waals surface area contributed by atoms with Crippen LogP contribution in [0.3, 0.4) is 0 Å². The Morgan fingerprint density at radius 3 is 2.12 bits per heavy atom. The Labute approximate surface area is 200 Å². The molecule has 2 aromatic carbocycles. The molecule has 2 nitrogen and oxygen atoms in total. The summed E-state index contributed by atoms with van der Waals surface area (Å²) in [6, 6.07) is 23.8. The molecule has 2 aromatic rings. The molecular weight excluding hydrogens is 400 g/mol. The maximum Gasteiger partial charge on any atom is 0.0579 e. The van der Waals surface area contributed by atoms with E-state index in [-0.39, 0.29) is 6.04 Å². The highest BCUT2D eigenvalue weighted by molar-refractivity contribution is 5.32. The Morgan fingerprint density at radius 1 is 0.758 bits per heavy atom. The second-order valence-corrected chi connectivity index (χ2v) is 12.2. The first-order valence-corrected chi connectivity index (χ1v) is 13.7. The summed E-state index contributed by atoms with van der Waals surface area (Å²) in [7, 11) is 0. The summed E-state index contributed by atoms with van der Waals surface area (Å²) in [5, 5.41) is 8.31. The van der Waals surface area contributed by atoms with Gasteiger partial charge in [-0.2, -0.15) is 0 Å². The molecule has 6 rings (SSSR count). The van der Waals surface area contributed by atoms with Crippen molar-refractivity contribution in [2.75, 3.05) is 6.54 Å². The summed E-state index contributed by atoms with van der Waals surface area (Å²) in [4.78, 5) is 0. The van der Waals surface area contributed by atoms with Crippen LogP contribution in [0.2, 0.25) is 0 Å². The smallest absolute Gasteiger partial charge is 0.0579 e. The topological polar surface area (TPSA) is 24.1 Å². The molecule has 7 atom stereocenters. The summed E-state index contributed by atoms with van der Waals surface area (Å²) >= 11 is 0. The first-order valence-electron chi connectivity index (χ1n) is 13.7. The Bertz CT molecular complexity index is 902. The second kappa shape index (κ2) is 8.54. The molecule has 1 heterocycles. The molecule has 5 unspecified atom stereocenters. The van der Waals surface area contributed by atoms with Crippen molar-refractivity contribution in [1.29, 1.82) is 0 Å². The molecule has 2 heteroatoms. The van der Waals surface area contributed by atoms with Gasteiger partial charge in [-0.15, -0.1) is 0 Å². The molecular formula is C31H42N2. The number of rotatable bonds is 4. The van der Waals surface area contributed by atoms with Crippen LogP contribution in [0.5, 0.6) is 0 Å². The minimum Gasteiger partial charge on any atom is -0.313 e. The molecule has 0 bridgehead atoms. The Hall–Kier alpha value is -1.64. The molecule has 3 aliphatic carbocycles. The Balaban J connectivity index is 1.27. The number of nitrogens with one attached hydrogen (secondary N) is 2. The molecule has 0 aromatic heterocycles. The van der Waals surface area contributed by atoms with Crippen molar-refractivity contribution in [3.8, 4) is 0 Å². The van der Waals surface area contributed by atoms with Gasteiger partial charge < -0.3 is 10.6 Å². The van der Waals surface area contributed by atoms with Crippen LogP contribution >= 0.6 is 0 Å². The van der Waals surface area contributed by atoms with Crippen molar-refractivity contribution in [3.63, 3.8) is 0 Å². The molecule has 0 spiro atoms. The van der Waals surface area contributed by atoms with E-state index in [0.29, 0.717) is 16.9 Å². The third kappa shape index (κ3) is 3.60. The van der Waals surface area contributed by atoms with Crippen LogP contribution in [0.15, 0.2) is 60.7 Å². The maximum absolute atomic E-state index is 4.23. The first kappa shape index (κ1) is 21.9. The molecule has 1 saturated heterocycles. The lowest BCUT2D eigenvalue weighted by Gasteiger charge is -2.60. The van der Waals surface area contributed by atoms with Gasteiger partial charge in [0.05, 0.1) is 6.04 Å². The first-order chi connectivity index (χ1) is 16.1. The summed E-state index contributed by atoms with van der Waals surface area (Å²) in [5.74, 6) is 2.65. The zero-order chi connectivity index (χ0) is 22.5. The predicted octanol–water partition coefficient (Wildman–Crippen LogP) is 6.73. The summed E-state index contributed by atoms with van der Waals surface area (Å²) < 4.78 is 0. The van der Waals surface area contributed by atoms with Crippen LogP contribution in [-0.4, -0.2) is 18.6 Å². The maximum atomic E-state index is 4.23. The van der Waals surface area contributed by atoms with Gasteiger partial charge in [0.2, 0.25) is 0 Å². The van der Waals surface area contributed by atoms with Gasteiger partial charge in [-0.25, -0.2) is 0 Å². The molecule has 0 amide bonds. The monoisotopic (exact) mass is 442 g/mol. The molecule has 4 aliphatic rings. The van der Waals surface area contributed by atoms with E-state index >= 15 is 0 Å². The average Bonchev–Trinajstić information content (AvgIpc) is 3.19. The molecule has 33 heavy (non-hydrogen) atoms. The van der Waals surface area contributed by atoms with Crippen molar-refractivity contribution >= 4 is 0 Å². The van der Waals surface area contributed by atoms with Gasteiger partial charge in [-0.3, -0.25) is 0 Å². The zero-order valence-electron chi connectivity index (χ0n) is 20.6. The normalized spacial score (nSPS) is 40.2. The van der Waals surface area contributed by atoms with Gasteiger partial charge in [0.15, 0.2) is 0 Å². The number of fused-ring (bicyclic) bond motifs is 5. The van der Waals surface area contributed by atoms with Crippen molar-refractivity contribution in [3.05, 3.63) is 71.8 Å². The third-order valence-corrected chi connectivity index (χ3v) is 10.8. The molecule has 1 aliphatic heterocycles. The van der Waals surface area contributed by atoms with Gasteiger partial charge in [0, 0.05) is 12.1 Å². The third-order valence-electron chi connectivity index (χ3n) is 10.8. The van der Waals surface area contributed by atoms with Crippen molar-refractivity contribution in [2.45, 2.75) is 83.3 Å². The van der Waals surface area contributed by atoms with Crippen molar-refractivity contribution in [1.82, 2.24) is 10.6 Å². The average molecular weight is 443 g/mol. The van der Waals surface area contributed by atoms with Crippen molar-refractivity contribution < 1.29 is 0 Å². The highest BCUT2D eigenvalue weighted by Gasteiger charge is 2.59. The van der Waals surface area contributed by atoms with Gasteiger partial charge in [-0.05, 0) is 84.8 Å². The lowest BCUT2D eigenvalue weighted by atomic mass is 9.49. The van der Waals surface area contributed by atoms with E-state index in [0.717, 1.165) is 23.8 Å². The second-order valence-electron chi connectivity index (χ2n) is 12.2. The molecule has 4 fully saturated rings. The molecule has 0 radical (unpaired) electrons. The molecule has 3 saturated carbocycles. The van der Waals surface area contributed by atoms with E-state index in [2.05, 4.69) is 85.1 Å². The predicted molar refractivity (Wildman–Crippen MR) is 137 cm³/mol. The standard InChI is InChI=1S/C31H42N2/c1-30-19-10-9-15-27(30)32-21-24-25-16-17-28(31(25,2)20-18-26(24)30)33-29(22-11-5-3-6-12-22)23-13-7-4-8-14-23/h3-8,11-14,24-29,32-33H,9-10,15-21H2,1-2H3/t24?,25?,26?,27?,28?,30-,31+/m1/s1. The highest BCUT2D eigenvalue weighted by Crippen LogP contribution is 2.62. The lowest BCUT2D eigenvalue weighted by molar-refractivity contribution is -0.0868. The fraction of sp³-hybridized carbons (Fsp3) is 0.613. The minimum absolute atomic E-state index is 0.274. The van der Waals surface area contributed by atoms with E-state index in [1.807, 2.05) is 0 Å². The van der Waals surface area contributed by atoms with Crippen LogP contribution in [0.1, 0.15) is 82.4 Å². The Kier molecular flexibility index (Phi) is 5.66. The quantitative estimate of drug-likeness (QED) is 0.548. The van der Waals surface area contributed by atoms with E-state index in [1.54, 1.807) is 0 Å². The summed E-state index contributed by atoms with van der Waals surface area (Å²) in [5.41, 5.74) is 3.72. The number of hydrogen-bond acceptors (Lipinski definition) is 2. The lowest BCUT2D eigenvalue weighted by Crippen LogP contribution is -2.63. The van der Waals surface area contributed by atoms with Gasteiger partial charge in [0.25, 0.3) is 0 Å². The van der Waals surface area contributed by atoms with Gasteiger partial charge in [-0.1, -0.05) is 87.4 Å². The summed E-state index contributed by atoms with van der Waals surface area (Å²) in [6.07, 6.45) is 11.3.